The van der Waals surface area contributed by atoms with Crippen molar-refractivity contribution in [3.63, 3.8) is 0 Å². The van der Waals surface area contributed by atoms with Gasteiger partial charge in [0, 0.05) is 34.4 Å². The van der Waals surface area contributed by atoms with Crippen molar-refractivity contribution in [2.24, 2.45) is 0 Å². The maximum Gasteiger partial charge on any atom is 0.259 e. The summed E-state index contributed by atoms with van der Waals surface area (Å²) in [5.41, 5.74) is 5.33. The van der Waals surface area contributed by atoms with Gasteiger partial charge in [0.15, 0.2) is 0 Å². The Morgan fingerprint density at radius 1 is 0.968 bits per heavy atom. The van der Waals surface area contributed by atoms with Crippen molar-refractivity contribution in [1.82, 2.24) is 14.8 Å². The number of hydrogen-bond acceptors (Lipinski definition) is 4. The van der Waals surface area contributed by atoms with E-state index in [0.29, 0.717) is 12.1 Å². The highest BCUT2D eigenvalue weighted by Crippen LogP contribution is 2.24. The summed E-state index contributed by atoms with van der Waals surface area (Å²) in [6.45, 7) is 4.46. The van der Waals surface area contributed by atoms with E-state index in [1.54, 1.807) is 18.0 Å². The smallest absolute Gasteiger partial charge is 0.259 e. The highest BCUT2D eigenvalue weighted by molar-refractivity contribution is 7.98. The van der Waals surface area contributed by atoms with Gasteiger partial charge in [0.1, 0.15) is 0 Å². The molecule has 2 aromatic heterocycles. The van der Waals surface area contributed by atoms with E-state index in [2.05, 4.69) is 33.6 Å². The molecular weight excluding hydrogens is 404 g/mol. The Morgan fingerprint density at radius 2 is 1.71 bits per heavy atom. The maximum absolute atomic E-state index is 12.9. The number of carbonyl (C=O) groups excluding carboxylic acids is 1. The third-order valence-electron chi connectivity index (χ3n) is 5.02. The highest BCUT2D eigenvalue weighted by Gasteiger charge is 2.19. The van der Waals surface area contributed by atoms with Crippen LogP contribution in [0.5, 0.6) is 0 Å². The minimum absolute atomic E-state index is 0.134. The molecule has 0 aliphatic carbocycles. The largest absolute Gasteiger partial charge is 0.322 e. The van der Waals surface area contributed by atoms with Crippen LogP contribution in [-0.2, 0) is 12.3 Å². The zero-order chi connectivity index (χ0) is 21.6. The van der Waals surface area contributed by atoms with E-state index in [0.717, 1.165) is 33.3 Å². The number of nitrogens with zero attached hydrogens (tertiary/aromatic N) is 3. The molecule has 0 radical (unpaired) electrons. The molecule has 0 spiro atoms. The van der Waals surface area contributed by atoms with E-state index in [-0.39, 0.29) is 5.91 Å². The Balaban J connectivity index is 1.41. The number of hydrogen-bond donors (Lipinski definition) is 1. The van der Waals surface area contributed by atoms with Gasteiger partial charge in [-0.2, -0.15) is 5.10 Å². The molecule has 31 heavy (non-hydrogen) atoms. The molecule has 156 valence electrons. The molecule has 4 rings (SSSR count). The lowest BCUT2D eigenvalue weighted by Crippen LogP contribution is -2.14. The molecule has 2 aromatic carbocycles. The predicted octanol–water partition coefficient (Wildman–Crippen LogP) is 5.49. The summed E-state index contributed by atoms with van der Waals surface area (Å²) in [6.07, 6.45) is 3.66. The Labute approximate surface area is 186 Å². The zero-order valence-electron chi connectivity index (χ0n) is 17.6. The van der Waals surface area contributed by atoms with Gasteiger partial charge in [0.05, 0.1) is 17.8 Å². The third-order valence-corrected chi connectivity index (χ3v) is 6.11. The normalized spacial score (nSPS) is 10.8. The van der Waals surface area contributed by atoms with E-state index in [4.69, 9.17) is 0 Å². The molecule has 0 unspecified atom stereocenters. The van der Waals surface area contributed by atoms with E-state index in [9.17, 15) is 4.79 Å². The van der Waals surface area contributed by atoms with Crippen molar-refractivity contribution in [3.05, 3.63) is 107 Å². The minimum atomic E-state index is -0.134. The molecule has 0 saturated heterocycles. The van der Waals surface area contributed by atoms with Crippen LogP contribution < -0.4 is 5.32 Å². The molecule has 0 atom stereocenters. The van der Waals surface area contributed by atoms with Crippen LogP contribution in [0.2, 0.25) is 0 Å². The molecule has 2 heterocycles. The number of rotatable bonds is 7. The molecular formula is C25H24N4OS. The summed E-state index contributed by atoms with van der Waals surface area (Å²) in [5, 5.41) is 7.59. The first-order valence-corrected chi connectivity index (χ1v) is 11.1. The van der Waals surface area contributed by atoms with Crippen molar-refractivity contribution in [1.29, 1.82) is 0 Å². The summed E-state index contributed by atoms with van der Waals surface area (Å²) in [7, 11) is 0. The van der Waals surface area contributed by atoms with Crippen LogP contribution in [-0.4, -0.2) is 20.7 Å². The summed E-state index contributed by atoms with van der Waals surface area (Å²) < 4.78 is 1.89. The molecule has 1 amide bonds. The summed E-state index contributed by atoms with van der Waals surface area (Å²) in [4.78, 5) is 18.2. The third kappa shape index (κ3) is 5.22. The summed E-state index contributed by atoms with van der Waals surface area (Å²) in [5.74, 6) is 0.725. The molecule has 5 nitrogen and oxygen atoms in total. The number of aryl methyl sites for hydroxylation is 1. The van der Waals surface area contributed by atoms with Crippen molar-refractivity contribution in [3.8, 4) is 0 Å². The first kappa shape index (κ1) is 20.9. The van der Waals surface area contributed by atoms with E-state index >= 15 is 0 Å². The highest BCUT2D eigenvalue weighted by atomic mass is 32.2. The van der Waals surface area contributed by atoms with E-state index in [1.807, 2.05) is 73.3 Å². The number of amides is 1. The van der Waals surface area contributed by atoms with Crippen molar-refractivity contribution in [2.45, 2.75) is 31.0 Å². The Hall–Kier alpha value is -3.38. The van der Waals surface area contributed by atoms with Crippen molar-refractivity contribution in [2.75, 3.05) is 5.32 Å². The maximum atomic E-state index is 12.9. The van der Waals surface area contributed by atoms with E-state index < -0.39 is 0 Å². The number of thioether (sulfide) groups is 1. The lowest BCUT2D eigenvalue weighted by molar-refractivity contribution is 0.102. The number of benzene rings is 2. The average Bonchev–Trinajstić information content (AvgIpc) is 3.07. The SMILES string of the molecule is Cc1nn(Cc2ccccc2)c(C)c1C(=O)Nc1ccc(SCc2cccnc2)cc1. The van der Waals surface area contributed by atoms with Crippen LogP contribution in [0.1, 0.15) is 32.9 Å². The molecule has 0 saturated carbocycles. The van der Waals surface area contributed by atoms with Crippen molar-refractivity contribution < 1.29 is 4.79 Å². The topological polar surface area (TPSA) is 59.8 Å². The van der Waals surface area contributed by atoms with E-state index in [1.165, 1.54) is 5.56 Å². The van der Waals surface area contributed by atoms with Gasteiger partial charge in [-0.05, 0) is 55.3 Å². The second-order valence-electron chi connectivity index (χ2n) is 7.32. The van der Waals surface area contributed by atoms with Gasteiger partial charge in [0.25, 0.3) is 5.91 Å². The van der Waals surface area contributed by atoms with Crippen molar-refractivity contribution >= 4 is 23.4 Å². The predicted molar refractivity (Wildman–Crippen MR) is 125 cm³/mol. The number of nitrogens with one attached hydrogen (secondary N) is 1. The fourth-order valence-electron chi connectivity index (χ4n) is 3.41. The Bertz CT molecular complexity index is 1160. The van der Waals surface area contributed by atoms with Gasteiger partial charge >= 0.3 is 0 Å². The second kappa shape index (κ2) is 9.62. The first-order chi connectivity index (χ1) is 15.1. The second-order valence-corrected chi connectivity index (χ2v) is 8.37. The molecule has 0 aliphatic rings. The van der Waals surface area contributed by atoms with Gasteiger partial charge in [-0.3, -0.25) is 14.5 Å². The van der Waals surface area contributed by atoms with Crippen LogP contribution in [0, 0.1) is 13.8 Å². The minimum Gasteiger partial charge on any atom is -0.322 e. The lowest BCUT2D eigenvalue weighted by Gasteiger charge is -2.08. The molecule has 0 aliphatic heterocycles. The van der Waals surface area contributed by atoms with Gasteiger partial charge in [-0.25, -0.2) is 0 Å². The number of pyridine rings is 1. The van der Waals surface area contributed by atoms with Crippen LogP contribution in [0.15, 0.2) is 84.0 Å². The standard InChI is InChI=1S/C25H24N4OS/c1-18-24(19(2)29(28-18)16-20-7-4-3-5-8-20)25(30)27-22-10-12-23(13-11-22)31-17-21-9-6-14-26-15-21/h3-15H,16-17H2,1-2H3,(H,27,30). The van der Waals surface area contributed by atoms with Crippen LogP contribution in [0.3, 0.4) is 0 Å². The van der Waals surface area contributed by atoms with Crippen LogP contribution in [0.25, 0.3) is 0 Å². The zero-order valence-corrected chi connectivity index (χ0v) is 18.4. The van der Waals surface area contributed by atoms with Crippen LogP contribution >= 0.6 is 11.8 Å². The monoisotopic (exact) mass is 428 g/mol. The first-order valence-electron chi connectivity index (χ1n) is 10.1. The Kier molecular flexibility index (Phi) is 6.48. The van der Waals surface area contributed by atoms with Gasteiger partial charge in [-0.1, -0.05) is 36.4 Å². The molecule has 6 heteroatoms. The average molecular weight is 429 g/mol. The van der Waals surface area contributed by atoms with Gasteiger partial charge in [0.2, 0.25) is 0 Å². The molecule has 4 aromatic rings. The number of anilines is 1. The quantitative estimate of drug-likeness (QED) is 0.396. The fraction of sp³-hybridized carbons (Fsp3) is 0.160. The summed E-state index contributed by atoms with van der Waals surface area (Å²) in [6, 6.07) is 22.0. The lowest BCUT2D eigenvalue weighted by atomic mass is 10.1. The fourth-order valence-corrected chi connectivity index (χ4v) is 4.25. The molecule has 1 N–H and O–H groups in total. The Morgan fingerprint density at radius 3 is 2.42 bits per heavy atom. The van der Waals surface area contributed by atoms with Gasteiger partial charge in [-0.15, -0.1) is 11.8 Å². The molecule has 0 fully saturated rings. The number of carbonyl (C=O) groups is 1. The molecule has 0 bridgehead atoms. The van der Waals surface area contributed by atoms with Crippen LogP contribution in [0.4, 0.5) is 5.69 Å². The van der Waals surface area contributed by atoms with Gasteiger partial charge < -0.3 is 5.32 Å². The number of aromatic nitrogens is 3. The summed E-state index contributed by atoms with van der Waals surface area (Å²) >= 11 is 1.74.